The van der Waals surface area contributed by atoms with Crippen LogP contribution in [0.3, 0.4) is 0 Å². The van der Waals surface area contributed by atoms with Gasteiger partial charge in [0.15, 0.2) is 0 Å². The number of aromatic nitrogens is 5. The first-order chi connectivity index (χ1) is 10.8. The topological polar surface area (TPSA) is 77.6 Å². The molecule has 0 saturated carbocycles. The maximum absolute atomic E-state index is 12.7. The van der Waals surface area contributed by atoms with Crippen LogP contribution < -0.4 is 10.9 Å². The van der Waals surface area contributed by atoms with E-state index in [1.165, 1.54) is 16.8 Å². The standard InChI is InChI=1S/C14H16N6OS/c21-14-12-10-2-3-15-6-11(10)22-13(12)17-9-19(14)4-1-5-20-8-16-7-18-20/h7-9,15H,1-6H2. The smallest absolute Gasteiger partial charge is 0.262 e. The lowest BCUT2D eigenvalue weighted by Crippen LogP contribution is -2.25. The van der Waals surface area contributed by atoms with Gasteiger partial charge >= 0.3 is 0 Å². The van der Waals surface area contributed by atoms with Gasteiger partial charge < -0.3 is 5.32 Å². The lowest BCUT2D eigenvalue weighted by atomic mass is 10.1. The highest BCUT2D eigenvalue weighted by Gasteiger charge is 2.19. The van der Waals surface area contributed by atoms with Crippen molar-refractivity contribution in [3.63, 3.8) is 0 Å². The van der Waals surface area contributed by atoms with Crippen LogP contribution in [0, 0.1) is 0 Å². The Morgan fingerprint density at radius 3 is 3.14 bits per heavy atom. The van der Waals surface area contributed by atoms with Gasteiger partial charge in [0.1, 0.15) is 17.5 Å². The van der Waals surface area contributed by atoms with Crippen LogP contribution in [0.15, 0.2) is 23.8 Å². The molecule has 0 aromatic carbocycles. The van der Waals surface area contributed by atoms with Crippen molar-refractivity contribution in [3.8, 4) is 0 Å². The van der Waals surface area contributed by atoms with Crippen LogP contribution in [0.4, 0.5) is 0 Å². The molecule has 1 N–H and O–H groups in total. The second kappa shape index (κ2) is 5.62. The summed E-state index contributed by atoms with van der Waals surface area (Å²) >= 11 is 1.64. The minimum absolute atomic E-state index is 0.0861. The summed E-state index contributed by atoms with van der Waals surface area (Å²) in [5.41, 5.74) is 1.28. The number of hydrogen-bond donors (Lipinski definition) is 1. The third-order valence-electron chi connectivity index (χ3n) is 3.95. The van der Waals surface area contributed by atoms with Gasteiger partial charge in [0, 0.05) is 24.5 Å². The number of hydrogen-bond acceptors (Lipinski definition) is 6. The molecule has 114 valence electrons. The third kappa shape index (κ3) is 2.34. The van der Waals surface area contributed by atoms with Crippen LogP contribution in [0.1, 0.15) is 16.9 Å². The molecule has 0 radical (unpaired) electrons. The van der Waals surface area contributed by atoms with Crippen molar-refractivity contribution in [2.24, 2.45) is 0 Å². The SMILES string of the molecule is O=c1c2c3c(sc2ncn1CCCn1cncn1)CNCC3. The normalized spacial score (nSPS) is 14.4. The average molecular weight is 316 g/mol. The molecule has 0 amide bonds. The van der Waals surface area contributed by atoms with Crippen LogP contribution in [-0.2, 0) is 26.1 Å². The van der Waals surface area contributed by atoms with Crippen LogP contribution >= 0.6 is 11.3 Å². The van der Waals surface area contributed by atoms with Gasteiger partial charge in [0.05, 0.1) is 11.7 Å². The van der Waals surface area contributed by atoms with Gasteiger partial charge in [0.2, 0.25) is 0 Å². The van der Waals surface area contributed by atoms with E-state index in [4.69, 9.17) is 0 Å². The Bertz CT molecular complexity index is 850. The number of rotatable bonds is 4. The summed E-state index contributed by atoms with van der Waals surface area (Å²) in [5.74, 6) is 0. The number of aryl methyl sites for hydroxylation is 2. The number of nitrogens with one attached hydrogen (secondary N) is 1. The van der Waals surface area contributed by atoms with E-state index in [1.807, 2.05) is 0 Å². The zero-order valence-corrected chi connectivity index (χ0v) is 12.8. The summed E-state index contributed by atoms with van der Waals surface area (Å²) in [6.07, 6.45) is 6.61. The molecule has 3 aromatic rings. The lowest BCUT2D eigenvalue weighted by Gasteiger charge is -2.12. The molecule has 0 fully saturated rings. The highest BCUT2D eigenvalue weighted by molar-refractivity contribution is 7.18. The van der Waals surface area contributed by atoms with Crippen molar-refractivity contribution >= 4 is 21.6 Å². The van der Waals surface area contributed by atoms with Crippen molar-refractivity contribution in [1.29, 1.82) is 0 Å². The predicted molar refractivity (Wildman–Crippen MR) is 83.9 cm³/mol. The Morgan fingerprint density at radius 1 is 1.32 bits per heavy atom. The quantitative estimate of drug-likeness (QED) is 0.770. The van der Waals surface area contributed by atoms with Gasteiger partial charge in [-0.3, -0.25) is 14.0 Å². The maximum Gasteiger partial charge on any atom is 0.262 e. The van der Waals surface area contributed by atoms with Crippen molar-refractivity contribution in [1.82, 2.24) is 29.6 Å². The van der Waals surface area contributed by atoms with Crippen molar-refractivity contribution in [2.75, 3.05) is 6.54 Å². The van der Waals surface area contributed by atoms with Crippen molar-refractivity contribution in [3.05, 3.63) is 39.8 Å². The molecule has 0 aliphatic carbocycles. The Labute approximate surface area is 130 Å². The van der Waals surface area contributed by atoms with Crippen molar-refractivity contribution < 1.29 is 0 Å². The number of nitrogens with zero attached hydrogens (tertiary/aromatic N) is 5. The first kappa shape index (κ1) is 13.6. The van der Waals surface area contributed by atoms with Crippen LogP contribution in [-0.4, -0.2) is 30.9 Å². The Balaban J connectivity index is 1.61. The third-order valence-corrected chi connectivity index (χ3v) is 5.09. The molecular formula is C14H16N6OS. The maximum atomic E-state index is 12.7. The molecule has 3 aromatic heterocycles. The minimum atomic E-state index is 0.0861. The second-order valence-corrected chi connectivity index (χ2v) is 6.45. The first-order valence-corrected chi connectivity index (χ1v) is 8.17. The summed E-state index contributed by atoms with van der Waals surface area (Å²) < 4.78 is 3.49. The summed E-state index contributed by atoms with van der Waals surface area (Å²) in [7, 11) is 0. The van der Waals surface area contributed by atoms with Crippen LogP contribution in [0.5, 0.6) is 0 Å². The predicted octanol–water partition coefficient (Wildman–Crippen LogP) is 0.785. The fourth-order valence-electron chi connectivity index (χ4n) is 2.86. The molecule has 8 heteroatoms. The monoisotopic (exact) mass is 316 g/mol. The van der Waals surface area contributed by atoms with Gasteiger partial charge in [-0.2, -0.15) is 5.10 Å². The van der Waals surface area contributed by atoms with Gasteiger partial charge in [-0.05, 0) is 24.9 Å². The van der Waals surface area contributed by atoms with Gasteiger partial charge in [-0.15, -0.1) is 11.3 Å². The zero-order valence-electron chi connectivity index (χ0n) is 12.0. The molecular weight excluding hydrogens is 300 g/mol. The van der Waals surface area contributed by atoms with E-state index in [2.05, 4.69) is 20.4 Å². The molecule has 1 aliphatic rings. The molecule has 0 saturated heterocycles. The minimum Gasteiger partial charge on any atom is -0.312 e. The zero-order chi connectivity index (χ0) is 14.9. The Morgan fingerprint density at radius 2 is 2.27 bits per heavy atom. The highest BCUT2D eigenvalue weighted by Crippen LogP contribution is 2.29. The summed E-state index contributed by atoms with van der Waals surface area (Å²) in [5, 5.41) is 8.23. The molecule has 0 unspecified atom stereocenters. The first-order valence-electron chi connectivity index (χ1n) is 7.36. The van der Waals surface area contributed by atoms with E-state index in [0.717, 1.165) is 42.7 Å². The molecule has 0 spiro atoms. The molecule has 22 heavy (non-hydrogen) atoms. The van der Waals surface area contributed by atoms with E-state index in [1.54, 1.807) is 33.2 Å². The fourth-order valence-corrected chi connectivity index (χ4v) is 4.01. The van der Waals surface area contributed by atoms with E-state index in [0.29, 0.717) is 6.54 Å². The summed E-state index contributed by atoms with van der Waals surface area (Å²) in [6.45, 7) is 3.17. The molecule has 7 nitrogen and oxygen atoms in total. The second-order valence-electron chi connectivity index (χ2n) is 5.37. The number of thiophene rings is 1. The lowest BCUT2D eigenvalue weighted by molar-refractivity contribution is 0.517. The van der Waals surface area contributed by atoms with Gasteiger partial charge in [-0.25, -0.2) is 9.97 Å². The Kier molecular flexibility index (Phi) is 3.47. The molecule has 4 rings (SSSR count). The molecule has 0 bridgehead atoms. The Hall–Kier alpha value is -2.06. The van der Waals surface area contributed by atoms with Gasteiger partial charge in [0.25, 0.3) is 5.56 Å². The highest BCUT2D eigenvalue weighted by atomic mass is 32.1. The van der Waals surface area contributed by atoms with Crippen molar-refractivity contribution in [2.45, 2.75) is 32.5 Å². The summed E-state index contributed by atoms with van der Waals surface area (Å²) in [4.78, 5) is 23.2. The molecule has 0 atom stereocenters. The van der Waals surface area contributed by atoms with Gasteiger partial charge in [-0.1, -0.05) is 0 Å². The van der Waals surface area contributed by atoms with Crippen LogP contribution in [0.25, 0.3) is 10.2 Å². The van der Waals surface area contributed by atoms with E-state index >= 15 is 0 Å². The summed E-state index contributed by atoms with van der Waals surface area (Å²) in [6, 6.07) is 0. The van der Waals surface area contributed by atoms with Crippen LogP contribution in [0.2, 0.25) is 0 Å². The largest absolute Gasteiger partial charge is 0.312 e. The number of fused-ring (bicyclic) bond motifs is 3. The van der Waals surface area contributed by atoms with E-state index in [-0.39, 0.29) is 5.56 Å². The van der Waals surface area contributed by atoms with E-state index in [9.17, 15) is 4.79 Å². The van der Waals surface area contributed by atoms with E-state index < -0.39 is 0 Å². The average Bonchev–Trinajstić information content (AvgIpc) is 3.16. The molecule has 4 heterocycles. The fraction of sp³-hybridized carbons (Fsp3) is 0.429. The molecule has 1 aliphatic heterocycles.